The fourth-order valence-electron chi connectivity index (χ4n) is 2.31. The highest BCUT2D eigenvalue weighted by Gasteiger charge is 2.14. The molecule has 0 saturated heterocycles. The SMILES string of the molecule is CN(C)CCn1cc(NC(=O)N[C@H](CCO)c2ccccc2)cn1. The number of aliphatic hydroxyl groups excluding tert-OH is 1. The molecule has 7 heteroatoms. The summed E-state index contributed by atoms with van der Waals surface area (Å²) in [5.41, 5.74) is 1.60. The Morgan fingerprint density at radius 3 is 2.75 bits per heavy atom. The van der Waals surface area contributed by atoms with E-state index in [9.17, 15) is 9.90 Å². The number of nitrogens with zero attached hydrogens (tertiary/aromatic N) is 3. The van der Waals surface area contributed by atoms with Gasteiger partial charge in [0.1, 0.15) is 0 Å². The maximum Gasteiger partial charge on any atom is 0.319 e. The molecule has 0 aliphatic rings. The molecule has 130 valence electrons. The van der Waals surface area contributed by atoms with Crippen LogP contribution in [0.3, 0.4) is 0 Å². The molecule has 1 atom stereocenters. The molecule has 0 spiro atoms. The molecule has 0 unspecified atom stereocenters. The summed E-state index contributed by atoms with van der Waals surface area (Å²) in [6.45, 7) is 1.63. The van der Waals surface area contributed by atoms with Crippen LogP contribution in [0.5, 0.6) is 0 Å². The number of hydrogen-bond donors (Lipinski definition) is 3. The first-order valence-corrected chi connectivity index (χ1v) is 7.99. The van der Waals surface area contributed by atoms with Gasteiger partial charge in [0, 0.05) is 19.3 Å². The lowest BCUT2D eigenvalue weighted by Gasteiger charge is -2.18. The van der Waals surface area contributed by atoms with Crippen LogP contribution in [0.15, 0.2) is 42.7 Å². The molecule has 1 heterocycles. The fourth-order valence-corrected chi connectivity index (χ4v) is 2.31. The minimum atomic E-state index is -0.315. The molecule has 3 N–H and O–H groups in total. The largest absolute Gasteiger partial charge is 0.396 e. The Kier molecular flexibility index (Phi) is 6.77. The molecule has 0 bridgehead atoms. The maximum absolute atomic E-state index is 12.2. The van der Waals surface area contributed by atoms with E-state index in [0.717, 1.165) is 18.7 Å². The van der Waals surface area contributed by atoms with Gasteiger partial charge >= 0.3 is 6.03 Å². The van der Waals surface area contributed by atoms with E-state index in [-0.39, 0.29) is 18.7 Å². The highest BCUT2D eigenvalue weighted by Crippen LogP contribution is 2.16. The van der Waals surface area contributed by atoms with E-state index in [4.69, 9.17) is 0 Å². The van der Waals surface area contributed by atoms with Gasteiger partial charge in [0.05, 0.1) is 24.5 Å². The molecule has 0 aliphatic carbocycles. The second kappa shape index (κ2) is 9.05. The smallest absolute Gasteiger partial charge is 0.319 e. The van der Waals surface area contributed by atoms with Gasteiger partial charge in [-0.3, -0.25) is 4.68 Å². The van der Waals surface area contributed by atoms with Gasteiger partial charge in [-0.05, 0) is 26.1 Å². The van der Waals surface area contributed by atoms with E-state index in [1.807, 2.05) is 44.4 Å². The zero-order chi connectivity index (χ0) is 17.4. The van der Waals surface area contributed by atoms with Crippen molar-refractivity contribution < 1.29 is 9.90 Å². The van der Waals surface area contributed by atoms with Crippen LogP contribution >= 0.6 is 0 Å². The summed E-state index contributed by atoms with van der Waals surface area (Å²) in [5, 5.41) is 19.1. The lowest BCUT2D eigenvalue weighted by atomic mass is 10.0. The molecule has 0 saturated carbocycles. The van der Waals surface area contributed by atoms with E-state index in [1.165, 1.54) is 0 Å². The minimum absolute atomic E-state index is 0.00229. The number of hydrogen-bond acceptors (Lipinski definition) is 4. The van der Waals surface area contributed by atoms with Crippen molar-refractivity contribution in [2.75, 3.05) is 32.6 Å². The fraction of sp³-hybridized carbons (Fsp3) is 0.412. The molecular weight excluding hydrogens is 306 g/mol. The third kappa shape index (κ3) is 5.68. The van der Waals surface area contributed by atoms with Gasteiger partial charge in [-0.2, -0.15) is 5.10 Å². The van der Waals surface area contributed by atoms with Crippen LogP contribution in [0.1, 0.15) is 18.0 Å². The zero-order valence-corrected chi connectivity index (χ0v) is 14.1. The molecule has 1 aromatic heterocycles. The third-order valence-electron chi connectivity index (χ3n) is 3.59. The Labute approximate surface area is 142 Å². The number of aromatic nitrogens is 2. The Morgan fingerprint density at radius 1 is 1.33 bits per heavy atom. The van der Waals surface area contributed by atoms with E-state index >= 15 is 0 Å². The number of rotatable bonds is 8. The van der Waals surface area contributed by atoms with Crippen molar-refractivity contribution in [3.8, 4) is 0 Å². The van der Waals surface area contributed by atoms with Crippen molar-refractivity contribution >= 4 is 11.7 Å². The summed E-state index contributed by atoms with van der Waals surface area (Å²) in [6, 6.07) is 9.05. The van der Waals surface area contributed by atoms with Crippen LogP contribution in [0.25, 0.3) is 0 Å². The topological polar surface area (TPSA) is 82.4 Å². The molecule has 2 aromatic rings. The number of aliphatic hydroxyl groups is 1. The molecule has 24 heavy (non-hydrogen) atoms. The number of urea groups is 1. The maximum atomic E-state index is 12.2. The van der Waals surface area contributed by atoms with Crippen molar-refractivity contribution in [1.29, 1.82) is 0 Å². The predicted octanol–water partition coefficient (Wildman–Crippen LogP) is 1.69. The summed E-state index contributed by atoms with van der Waals surface area (Å²) >= 11 is 0. The summed E-state index contributed by atoms with van der Waals surface area (Å²) in [7, 11) is 4.00. The Balaban J connectivity index is 1.91. The van der Waals surface area contributed by atoms with Gasteiger partial charge in [-0.1, -0.05) is 30.3 Å². The Hall–Kier alpha value is -2.38. The molecule has 0 fully saturated rings. The van der Waals surface area contributed by atoms with Gasteiger partial charge < -0.3 is 20.6 Å². The van der Waals surface area contributed by atoms with Crippen LogP contribution in [-0.2, 0) is 6.54 Å². The molecule has 1 aromatic carbocycles. The van der Waals surface area contributed by atoms with Crippen LogP contribution in [0.4, 0.5) is 10.5 Å². The monoisotopic (exact) mass is 331 g/mol. The quantitative estimate of drug-likeness (QED) is 0.687. The van der Waals surface area contributed by atoms with Gasteiger partial charge in [0.2, 0.25) is 0 Å². The molecule has 2 amide bonds. The van der Waals surface area contributed by atoms with Crippen molar-refractivity contribution in [3.05, 3.63) is 48.3 Å². The first kappa shape index (κ1) is 18.0. The van der Waals surface area contributed by atoms with Crippen molar-refractivity contribution in [1.82, 2.24) is 20.0 Å². The first-order valence-electron chi connectivity index (χ1n) is 7.99. The Bertz CT molecular complexity index is 627. The summed E-state index contributed by atoms with van der Waals surface area (Å²) in [6.07, 6.45) is 3.88. The summed E-state index contributed by atoms with van der Waals surface area (Å²) < 4.78 is 1.79. The molecule has 0 aliphatic heterocycles. The number of likely N-dealkylation sites (N-methyl/N-ethyl adjacent to an activating group) is 1. The Morgan fingerprint density at radius 2 is 2.08 bits per heavy atom. The number of benzene rings is 1. The van der Waals surface area contributed by atoms with Crippen molar-refractivity contribution in [2.45, 2.75) is 19.0 Å². The number of nitrogens with one attached hydrogen (secondary N) is 2. The molecular formula is C17H25N5O2. The summed E-state index contributed by atoms with van der Waals surface area (Å²) in [5.74, 6) is 0. The molecule has 2 rings (SSSR count). The van der Waals surface area contributed by atoms with E-state index in [0.29, 0.717) is 12.1 Å². The van der Waals surface area contributed by atoms with E-state index < -0.39 is 0 Å². The van der Waals surface area contributed by atoms with Crippen LogP contribution in [-0.4, -0.2) is 53.1 Å². The third-order valence-corrected chi connectivity index (χ3v) is 3.59. The number of carbonyl (C=O) groups excluding carboxylic acids is 1. The van der Waals surface area contributed by atoms with Gasteiger partial charge in [-0.25, -0.2) is 4.79 Å². The van der Waals surface area contributed by atoms with Gasteiger partial charge in [-0.15, -0.1) is 0 Å². The van der Waals surface area contributed by atoms with Crippen LogP contribution in [0, 0.1) is 0 Å². The lowest BCUT2D eigenvalue weighted by Crippen LogP contribution is -2.33. The van der Waals surface area contributed by atoms with E-state index in [1.54, 1.807) is 17.1 Å². The van der Waals surface area contributed by atoms with Crippen molar-refractivity contribution in [3.63, 3.8) is 0 Å². The second-order valence-electron chi connectivity index (χ2n) is 5.87. The first-order chi connectivity index (χ1) is 11.6. The molecule has 7 nitrogen and oxygen atoms in total. The number of amides is 2. The highest BCUT2D eigenvalue weighted by molar-refractivity contribution is 5.89. The average Bonchev–Trinajstić information content (AvgIpc) is 3.00. The average molecular weight is 331 g/mol. The van der Waals surface area contributed by atoms with Crippen LogP contribution in [0.2, 0.25) is 0 Å². The zero-order valence-electron chi connectivity index (χ0n) is 14.1. The van der Waals surface area contributed by atoms with Gasteiger partial charge in [0.25, 0.3) is 0 Å². The summed E-state index contributed by atoms with van der Waals surface area (Å²) in [4.78, 5) is 14.3. The standard InChI is InChI=1S/C17H25N5O2/c1-21(2)9-10-22-13-15(12-18-22)19-17(24)20-16(8-11-23)14-6-4-3-5-7-14/h3-7,12-13,16,23H,8-11H2,1-2H3,(H2,19,20,24)/t16-/m1/s1. The van der Waals surface area contributed by atoms with E-state index in [2.05, 4.69) is 20.6 Å². The lowest BCUT2D eigenvalue weighted by molar-refractivity contribution is 0.239. The predicted molar refractivity (Wildman–Crippen MR) is 93.8 cm³/mol. The van der Waals surface area contributed by atoms with Crippen LogP contribution < -0.4 is 10.6 Å². The van der Waals surface area contributed by atoms with Gasteiger partial charge in [0.15, 0.2) is 0 Å². The second-order valence-corrected chi connectivity index (χ2v) is 5.87. The highest BCUT2D eigenvalue weighted by atomic mass is 16.3. The normalized spacial score (nSPS) is 12.2. The number of anilines is 1. The number of carbonyl (C=O) groups is 1. The van der Waals surface area contributed by atoms with Crippen molar-refractivity contribution in [2.24, 2.45) is 0 Å². The minimum Gasteiger partial charge on any atom is -0.396 e. The molecule has 0 radical (unpaired) electrons.